The average molecular weight is 225 g/mol. The van der Waals surface area contributed by atoms with E-state index in [0.29, 0.717) is 0 Å². The van der Waals surface area contributed by atoms with E-state index in [1.807, 2.05) is 11.8 Å². The molecule has 3 heteroatoms. The lowest BCUT2D eigenvalue weighted by Crippen LogP contribution is -2.42. The zero-order chi connectivity index (χ0) is 10.5. The predicted octanol–water partition coefficient (Wildman–Crippen LogP) is 2.68. The molecule has 2 nitrogen and oxygen atoms in total. The van der Waals surface area contributed by atoms with E-state index in [9.17, 15) is 0 Å². The van der Waals surface area contributed by atoms with Gasteiger partial charge < -0.3 is 9.73 Å². The van der Waals surface area contributed by atoms with Gasteiger partial charge in [-0.05, 0) is 43.3 Å². The lowest BCUT2D eigenvalue weighted by molar-refractivity contribution is 0.341. The van der Waals surface area contributed by atoms with Crippen molar-refractivity contribution in [2.24, 2.45) is 5.92 Å². The van der Waals surface area contributed by atoms with E-state index in [-0.39, 0.29) is 0 Å². The van der Waals surface area contributed by atoms with Crippen molar-refractivity contribution in [1.29, 1.82) is 0 Å². The summed E-state index contributed by atoms with van der Waals surface area (Å²) in [5.41, 5.74) is 0. The summed E-state index contributed by atoms with van der Waals surface area (Å²) in [6, 6.07) is 4.20. The van der Waals surface area contributed by atoms with Crippen LogP contribution in [0.5, 0.6) is 0 Å². The molecule has 2 rings (SSSR count). The quantitative estimate of drug-likeness (QED) is 0.754. The van der Waals surface area contributed by atoms with Gasteiger partial charge in [0.05, 0.1) is 5.75 Å². The van der Waals surface area contributed by atoms with Gasteiger partial charge in [0.15, 0.2) is 0 Å². The maximum Gasteiger partial charge on any atom is 0.114 e. The smallest absolute Gasteiger partial charge is 0.114 e. The second kappa shape index (κ2) is 5.61. The number of nitrogens with one attached hydrogen (secondary N) is 1. The highest BCUT2D eigenvalue weighted by molar-refractivity contribution is 7.98. The Labute approximate surface area is 95.8 Å². The van der Waals surface area contributed by atoms with Crippen LogP contribution in [0.1, 0.15) is 24.9 Å². The molecule has 1 aliphatic rings. The van der Waals surface area contributed by atoms with E-state index in [1.54, 1.807) is 0 Å². The Morgan fingerprint density at radius 2 is 2.20 bits per heavy atom. The van der Waals surface area contributed by atoms with Crippen molar-refractivity contribution in [3.63, 3.8) is 0 Å². The summed E-state index contributed by atoms with van der Waals surface area (Å²) < 4.78 is 5.65. The van der Waals surface area contributed by atoms with Crippen LogP contribution in [0.3, 0.4) is 0 Å². The Kier molecular flexibility index (Phi) is 4.15. The van der Waals surface area contributed by atoms with Crippen molar-refractivity contribution in [1.82, 2.24) is 5.32 Å². The summed E-state index contributed by atoms with van der Waals surface area (Å²) in [7, 11) is 0. The first-order valence-electron chi connectivity index (χ1n) is 5.74. The number of hydrogen-bond donors (Lipinski definition) is 1. The van der Waals surface area contributed by atoms with Crippen molar-refractivity contribution < 1.29 is 4.42 Å². The fourth-order valence-electron chi connectivity index (χ4n) is 1.67. The molecule has 0 unspecified atom stereocenters. The van der Waals surface area contributed by atoms with E-state index < -0.39 is 0 Å². The summed E-state index contributed by atoms with van der Waals surface area (Å²) in [6.07, 6.45) is 2.34. The Bertz CT molecular complexity index is 294. The molecule has 0 aromatic carbocycles. The van der Waals surface area contributed by atoms with Gasteiger partial charge in [-0.15, -0.1) is 0 Å². The highest BCUT2D eigenvalue weighted by Crippen LogP contribution is 2.19. The molecule has 0 radical (unpaired) electrons. The van der Waals surface area contributed by atoms with Gasteiger partial charge in [-0.25, -0.2) is 0 Å². The second-order valence-corrected chi connectivity index (χ2v) is 5.19. The molecule has 1 fully saturated rings. The molecular formula is C12H19NOS. The van der Waals surface area contributed by atoms with Gasteiger partial charge in [-0.3, -0.25) is 0 Å². The van der Waals surface area contributed by atoms with Gasteiger partial charge in [0.2, 0.25) is 0 Å². The molecular weight excluding hydrogens is 206 g/mol. The van der Waals surface area contributed by atoms with Crippen LogP contribution < -0.4 is 5.32 Å². The lowest BCUT2D eigenvalue weighted by atomic mass is 10.0. The largest absolute Gasteiger partial charge is 0.465 e. The molecule has 84 valence electrons. The first kappa shape index (κ1) is 11.1. The highest BCUT2D eigenvalue weighted by atomic mass is 32.2. The first-order chi connectivity index (χ1) is 7.38. The standard InChI is InChI=1S/C12H19NOS/c1-2-11-3-4-12(14-11)9-15-6-5-10-7-13-8-10/h3-4,10,13H,2,5-9H2,1H3. The van der Waals surface area contributed by atoms with Crippen molar-refractivity contribution in [3.8, 4) is 0 Å². The third-order valence-electron chi connectivity index (χ3n) is 2.85. The molecule has 1 aromatic heterocycles. The minimum Gasteiger partial charge on any atom is -0.465 e. The highest BCUT2D eigenvalue weighted by Gasteiger charge is 2.15. The molecule has 0 atom stereocenters. The maximum atomic E-state index is 5.65. The van der Waals surface area contributed by atoms with Crippen LogP contribution >= 0.6 is 11.8 Å². The van der Waals surface area contributed by atoms with Crippen LogP contribution in [0, 0.1) is 5.92 Å². The van der Waals surface area contributed by atoms with Crippen molar-refractivity contribution in [2.45, 2.75) is 25.5 Å². The molecule has 0 amide bonds. The fourth-order valence-corrected chi connectivity index (χ4v) is 2.67. The summed E-state index contributed by atoms with van der Waals surface area (Å²) >= 11 is 1.99. The molecule has 0 saturated carbocycles. The van der Waals surface area contributed by atoms with E-state index in [1.165, 1.54) is 25.3 Å². The zero-order valence-electron chi connectivity index (χ0n) is 9.29. The SMILES string of the molecule is CCc1ccc(CSCCC2CNC2)o1. The summed E-state index contributed by atoms with van der Waals surface area (Å²) in [5, 5.41) is 3.30. The maximum absolute atomic E-state index is 5.65. The Morgan fingerprint density at radius 3 is 2.80 bits per heavy atom. The minimum absolute atomic E-state index is 0.931. The van der Waals surface area contributed by atoms with Gasteiger partial charge in [0.25, 0.3) is 0 Å². The Hall–Kier alpha value is -0.410. The second-order valence-electron chi connectivity index (χ2n) is 4.09. The molecule has 0 spiro atoms. The van der Waals surface area contributed by atoms with E-state index in [2.05, 4.69) is 24.4 Å². The minimum atomic E-state index is 0.931. The van der Waals surface area contributed by atoms with Crippen LogP contribution in [0.15, 0.2) is 16.5 Å². The zero-order valence-corrected chi connectivity index (χ0v) is 10.1. The predicted molar refractivity (Wildman–Crippen MR) is 65.2 cm³/mol. The lowest BCUT2D eigenvalue weighted by Gasteiger charge is -2.26. The number of rotatable bonds is 6. The average Bonchev–Trinajstić information content (AvgIpc) is 2.62. The van der Waals surface area contributed by atoms with Crippen LogP contribution in [-0.2, 0) is 12.2 Å². The van der Waals surface area contributed by atoms with Crippen LogP contribution in [0.4, 0.5) is 0 Å². The van der Waals surface area contributed by atoms with Crippen LogP contribution in [0.2, 0.25) is 0 Å². The fraction of sp³-hybridized carbons (Fsp3) is 0.667. The molecule has 1 saturated heterocycles. The number of hydrogen-bond acceptors (Lipinski definition) is 3. The molecule has 0 bridgehead atoms. The van der Waals surface area contributed by atoms with Crippen molar-refractivity contribution in [2.75, 3.05) is 18.8 Å². The van der Waals surface area contributed by atoms with Gasteiger partial charge >= 0.3 is 0 Å². The van der Waals surface area contributed by atoms with Gasteiger partial charge in [0, 0.05) is 6.42 Å². The number of furan rings is 1. The van der Waals surface area contributed by atoms with Crippen molar-refractivity contribution >= 4 is 11.8 Å². The van der Waals surface area contributed by atoms with Gasteiger partial charge in [-0.2, -0.15) is 11.8 Å². The molecule has 1 aliphatic heterocycles. The third-order valence-corrected chi connectivity index (χ3v) is 3.86. The van der Waals surface area contributed by atoms with Crippen LogP contribution in [0.25, 0.3) is 0 Å². The molecule has 2 heterocycles. The molecule has 0 aliphatic carbocycles. The Balaban J connectivity index is 1.60. The molecule has 15 heavy (non-hydrogen) atoms. The third kappa shape index (κ3) is 3.28. The van der Waals surface area contributed by atoms with Gasteiger partial charge in [0.1, 0.15) is 11.5 Å². The Morgan fingerprint density at radius 1 is 1.40 bits per heavy atom. The first-order valence-corrected chi connectivity index (χ1v) is 6.90. The number of aryl methyl sites for hydroxylation is 1. The summed E-state index contributed by atoms with van der Waals surface area (Å²) in [6.45, 7) is 4.57. The van der Waals surface area contributed by atoms with E-state index in [0.717, 1.165) is 29.6 Å². The van der Waals surface area contributed by atoms with Gasteiger partial charge in [-0.1, -0.05) is 6.92 Å². The van der Waals surface area contributed by atoms with Crippen LogP contribution in [-0.4, -0.2) is 18.8 Å². The van der Waals surface area contributed by atoms with Crippen molar-refractivity contribution in [3.05, 3.63) is 23.7 Å². The van der Waals surface area contributed by atoms with E-state index in [4.69, 9.17) is 4.42 Å². The summed E-state index contributed by atoms with van der Waals surface area (Å²) in [4.78, 5) is 0. The molecule has 1 aromatic rings. The number of thioether (sulfide) groups is 1. The molecule has 1 N–H and O–H groups in total. The topological polar surface area (TPSA) is 25.2 Å². The normalized spacial score (nSPS) is 16.6. The van der Waals surface area contributed by atoms with E-state index >= 15 is 0 Å². The monoisotopic (exact) mass is 225 g/mol. The summed E-state index contributed by atoms with van der Waals surface area (Å²) in [5.74, 6) is 5.45.